The van der Waals surface area contributed by atoms with Crippen LogP contribution in [0.1, 0.15) is 64.2 Å². The van der Waals surface area contributed by atoms with Crippen LogP contribution in [0.2, 0.25) is 0 Å². The number of rotatable bonds is 0. The van der Waals surface area contributed by atoms with Gasteiger partial charge in [0.25, 0.3) is 5.79 Å². The number of hydrogen-bond donors (Lipinski definition) is 0. The topological polar surface area (TPSA) is 52.6 Å². The molecule has 0 unspecified atom stereocenters. The van der Waals surface area contributed by atoms with E-state index in [1.165, 1.54) is 6.42 Å². The van der Waals surface area contributed by atoms with Gasteiger partial charge in [0.15, 0.2) is 0 Å². The van der Waals surface area contributed by atoms with Crippen LogP contribution >= 0.6 is 0 Å². The van der Waals surface area contributed by atoms with Gasteiger partial charge >= 0.3 is 11.9 Å². The highest BCUT2D eigenvalue weighted by Crippen LogP contribution is 2.39. The maximum absolute atomic E-state index is 12.2. The standard InChI is InChI=1S/C15H20O4/c16-13-12(11-7-3-1-4-8-11)14(17)19-15(18-13)9-5-2-6-10-15/h1-10H2. The van der Waals surface area contributed by atoms with E-state index in [-0.39, 0.29) is 5.57 Å². The van der Waals surface area contributed by atoms with Crippen LogP contribution < -0.4 is 0 Å². The van der Waals surface area contributed by atoms with Gasteiger partial charge in [-0.25, -0.2) is 9.59 Å². The second-order valence-corrected chi connectivity index (χ2v) is 5.79. The Bertz CT molecular complexity index is 399. The molecule has 1 spiro atoms. The molecule has 0 aromatic carbocycles. The molecule has 0 radical (unpaired) electrons. The Kier molecular flexibility index (Phi) is 3.33. The lowest BCUT2D eigenvalue weighted by atomic mass is 9.89. The van der Waals surface area contributed by atoms with E-state index < -0.39 is 17.7 Å². The van der Waals surface area contributed by atoms with Crippen LogP contribution in [0, 0.1) is 0 Å². The predicted molar refractivity (Wildman–Crippen MR) is 68.1 cm³/mol. The van der Waals surface area contributed by atoms with Gasteiger partial charge < -0.3 is 9.47 Å². The highest BCUT2D eigenvalue weighted by molar-refractivity contribution is 6.16. The molecule has 3 fully saturated rings. The summed E-state index contributed by atoms with van der Waals surface area (Å²) in [7, 11) is 0. The summed E-state index contributed by atoms with van der Waals surface area (Å²) in [4.78, 5) is 24.4. The third-order valence-corrected chi connectivity index (χ3v) is 4.39. The first-order valence-corrected chi connectivity index (χ1v) is 7.39. The molecule has 4 nitrogen and oxygen atoms in total. The van der Waals surface area contributed by atoms with Crippen molar-refractivity contribution >= 4 is 11.9 Å². The fraction of sp³-hybridized carbons (Fsp3) is 0.733. The Morgan fingerprint density at radius 1 is 0.737 bits per heavy atom. The van der Waals surface area contributed by atoms with E-state index in [2.05, 4.69) is 0 Å². The van der Waals surface area contributed by atoms with Crippen molar-refractivity contribution in [2.45, 2.75) is 70.0 Å². The van der Waals surface area contributed by atoms with E-state index in [0.29, 0.717) is 12.8 Å². The number of carbonyl (C=O) groups excluding carboxylic acids is 2. The normalized spacial score (nSPS) is 27.2. The van der Waals surface area contributed by atoms with E-state index in [0.717, 1.165) is 50.5 Å². The van der Waals surface area contributed by atoms with Crippen LogP contribution in [0.5, 0.6) is 0 Å². The van der Waals surface area contributed by atoms with Crippen molar-refractivity contribution in [1.82, 2.24) is 0 Å². The van der Waals surface area contributed by atoms with Gasteiger partial charge in [-0.3, -0.25) is 0 Å². The second-order valence-electron chi connectivity index (χ2n) is 5.79. The van der Waals surface area contributed by atoms with E-state index in [1.54, 1.807) is 0 Å². The zero-order valence-corrected chi connectivity index (χ0v) is 11.2. The van der Waals surface area contributed by atoms with Gasteiger partial charge in [0, 0.05) is 12.8 Å². The van der Waals surface area contributed by atoms with Crippen LogP contribution in [0.3, 0.4) is 0 Å². The fourth-order valence-electron chi connectivity index (χ4n) is 3.36. The molecule has 0 aromatic heterocycles. The second kappa shape index (κ2) is 4.99. The lowest BCUT2D eigenvalue weighted by Gasteiger charge is -2.39. The van der Waals surface area contributed by atoms with Gasteiger partial charge in [0.05, 0.1) is 0 Å². The predicted octanol–water partition coefficient (Wildman–Crippen LogP) is 3.01. The number of carbonyl (C=O) groups is 2. The molecule has 0 amide bonds. The molecule has 0 N–H and O–H groups in total. The molecule has 4 heteroatoms. The molecular formula is C15H20O4. The highest BCUT2D eigenvalue weighted by Gasteiger charge is 2.47. The van der Waals surface area contributed by atoms with Crippen molar-refractivity contribution in [2.75, 3.05) is 0 Å². The van der Waals surface area contributed by atoms with Crippen LogP contribution in [0.25, 0.3) is 0 Å². The molecule has 0 atom stereocenters. The molecule has 19 heavy (non-hydrogen) atoms. The molecule has 0 aromatic rings. The van der Waals surface area contributed by atoms with Gasteiger partial charge in [0.1, 0.15) is 5.57 Å². The summed E-state index contributed by atoms with van der Waals surface area (Å²) < 4.78 is 11.0. The van der Waals surface area contributed by atoms with Crippen molar-refractivity contribution in [2.24, 2.45) is 0 Å². The van der Waals surface area contributed by atoms with Gasteiger partial charge in [-0.05, 0) is 44.1 Å². The van der Waals surface area contributed by atoms with Crippen molar-refractivity contribution < 1.29 is 19.1 Å². The third kappa shape index (κ3) is 2.40. The number of ether oxygens (including phenoxy) is 2. The zero-order valence-electron chi connectivity index (χ0n) is 11.2. The van der Waals surface area contributed by atoms with E-state index >= 15 is 0 Å². The maximum atomic E-state index is 12.2. The number of hydrogen-bond acceptors (Lipinski definition) is 4. The Morgan fingerprint density at radius 2 is 1.26 bits per heavy atom. The van der Waals surface area contributed by atoms with Crippen LogP contribution in [-0.4, -0.2) is 17.7 Å². The average molecular weight is 264 g/mol. The minimum atomic E-state index is -0.953. The minimum Gasteiger partial charge on any atom is -0.419 e. The number of allylic oxidation sites excluding steroid dienone is 1. The summed E-state index contributed by atoms with van der Waals surface area (Å²) in [5.74, 6) is -1.85. The first-order chi connectivity index (χ1) is 9.20. The molecule has 2 aliphatic carbocycles. The summed E-state index contributed by atoms with van der Waals surface area (Å²) in [5.41, 5.74) is 1.13. The van der Waals surface area contributed by atoms with Gasteiger partial charge in [-0.15, -0.1) is 0 Å². The lowest BCUT2D eigenvalue weighted by molar-refractivity contribution is -0.244. The molecule has 1 saturated heterocycles. The summed E-state index contributed by atoms with van der Waals surface area (Å²) in [6, 6.07) is 0. The SMILES string of the molecule is O=C1OC2(CCCCC2)OC(=O)C1=C1CCCCC1. The molecule has 1 aliphatic heterocycles. The van der Waals surface area contributed by atoms with E-state index in [9.17, 15) is 9.59 Å². The first kappa shape index (κ1) is 12.7. The maximum Gasteiger partial charge on any atom is 0.348 e. The lowest BCUT2D eigenvalue weighted by Crippen LogP contribution is -2.48. The molecular weight excluding hydrogens is 244 g/mol. The Labute approximate surface area is 113 Å². The molecule has 2 saturated carbocycles. The Hall–Kier alpha value is -1.32. The Morgan fingerprint density at radius 3 is 1.84 bits per heavy atom. The van der Waals surface area contributed by atoms with Crippen LogP contribution in [-0.2, 0) is 19.1 Å². The molecule has 1 heterocycles. The van der Waals surface area contributed by atoms with Crippen molar-refractivity contribution in [1.29, 1.82) is 0 Å². The molecule has 3 aliphatic rings. The minimum absolute atomic E-state index is 0.191. The van der Waals surface area contributed by atoms with Gasteiger partial charge in [-0.1, -0.05) is 12.8 Å². The van der Waals surface area contributed by atoms with Crippen LogP contribution in [0.15, 0.2) is 11.1 Å². The summed E-state index contributed by atoms with van der Waals surface area (Å²) in [6.45, 7) is 0. The van der Waals surface area contributed by atoms with Crippen molar-refractivity contribution in [3.63, 3.8) is 0 Å². The molecule has 3 rings (SSSR count). The summed E-state index contributed by atoms with van der Waals surface area (Å²) in [6.07, 6.45) is 9.23. The van der Waals surface area contributed by atoms with Crippen molar-refractivity contribution in [3.8, 4) is 0 Å². The molecule has 104 valence electrons. The summed E-state index contributed by atoms with van der Waals surface area (Å²) >= 11 is 0. The van der Waals surface area contributed by atoms with E-state index in [4.69, 9.17) is 9.47 Å². The first-order valence-electron chi connectivity index (χ1n) is 7.39. The van der Waals surface area contributed by atoms with Gasteiger partial charge in [0.2, 0.25) is 0 Å². The highest BCUT2D eigenvalue weighted by atomic mass is 16.7. The monoisotopic (exact) mass is 264 g/mol. The average Bonchev–Trinajstić information content (AvgIpc) is 2.40. The quantitative estimate of drug-likeness (QED) is 0.383. The smallest absolute Gasteiger partial charge is 0.348 e. The number of esters is 2. The van der Waals surface area contributed by atoms with Crippen LogP contribution in [0.4, 0.5) is 0 Å². The summed E-state index contributed by atoms with van der Waals surface area (Å²) in [5, 5.41) is 0. The largest absolute Gasteiger partial charge is 0.419 e. The third-order valence-electron chi connectivity index (χ3n) is 4.39. The Balaban J connectivity index is 1.83. The molecule has 0 bridgehead atoms. The van der Waals surface area contributed by atoms with E-state index in [1.807, 2.05) is 0 Å². The zero-order chi connectivity index (χ0) is 13.3. The van der Waals surface area contributed by atoms with Gasteiger partial charge in [-0.2, -0.15) is 0 Å². The van der Waals surface area contributed by atoms with Crippen molar-refractivity contribution in [3.05, 3.63) is 11.1 Å². The fourth-order valence-corrected chi connectivity index (χ4v) is 3.36.